The molecule has 4 heteroatoms. The van der Waals surface area contributed by atoms with Crippen LogP contribution in [0.25, 0.3) is 0 Å². The third kappa shape index (κ3) is 2.35. The van der Waals surface area contributed by atoms with Crippen molar-refractivity contribution in [2.45, 2.75) is 12.7 Å². The van der Waals surface area contributed by atoms with Crippen molar-refractivity contribution >= 4 is 0 Å². The van der Waals surface area contributed by atoms with Crippen molar-refractivity contribution in [1.82, 2.24) is 0 Å². The molecule has 0 bridgehead atoms. The SMILES string of the molecule is CCOc1ccccc1C(CN)(OC)OC. The molecule has 0 heterocycles. The first-order chi connectivity index (χ1) is 7.74. The average Bonchev–Trinajstić information content (AvgIpc) is 2.34. The van der Waals surface area contributed by atoms with Crippen LogP contribution in [0.4, 0.5) is 0 Å². The standard InChI is InChI=1S/C12H19NO3/c1-4-16-11-8-6-5-7-10(11)12(9-13,14-2)15-3/h5-8H,4,9,13H2,1-3H3. The zero-order chi connectivity index (χ0) is 12.0. The summed E-state index contributed by atoms with van der Waals surface area (Å²) in [7, 11) is 3.14. The lowest BCUT2D eigenvalue weighted by Crippen LogP contribution is -2.39. The molecule has 0 fully saturated rings. The molecule has 0 radical (unpaired) electrons. The van der Waals surface area contributed by atoms with Gasteiger partial charge in [-0.15, -0.1) is 0 Å². The van der Waals surface area contributed by atoms with Crippen molar-refractivity contribution in [2.24, 2.45) is 5.73 Å². The van der Waals surface area contributed by atoms with E-state index < -0.39 is 5.79 Å². The third-order valence-corrected chi connectivity index (χ3v) is 2.53. The Kier molecular flexibility index (Phi) is 4.73. The minimum atomic E-state index is -0.939. The highest BCUT2D eigenvalue weighted by molar-refractivity contribution is 5.37. The van der Waals surface area contributed by atoms with Crippen LogP contribution in [0.2, 0.25) is 0 Å². The molecule has 16 heavy (non-hydrogen) atoms. The zero-order valence-corrected chi connectivity index (χ0v) is 10.0. The average molecular weight is 225 g/mol. The predicted octanol–water partition coefficient (Wildman–Crippen LogP) is 1.49. The summed E-state index contributed by atoms with van der Waals surface area (Å²) in [6.45, 7) is 2.75. The van der Waals surface area contributed by atoms with Crippen molar-refractivity contribution < 1.29 is 14.2 Å². The van der Waals surface area contributed by atoms with Crippen molar-refractivity contribution in [1.29, 1.82) is 0 Å². The van der Waals surface area contributed by atoms with Crippen molar-refractivity contribution in [2.75, 3.05) is 27.4 Å². The fourth-order valence-corrected chi connectivity index (χ4v) is 1.64. The predicted molar refractivity (Wildman–Crippen MR) is 62.4 cm³/mol. The second-order valence-electron chi connectivity index (χ2n) is 3.29. The molecule has 0 atom stereocenters. The lowest BCUT2D eigenvalue weighted by Gasteiger charge is -2.31. The van der Waals surface area contributed by atoms with Gasteiger partial charge in [0.2, 0.25) is 5.79 Å². The number of benzene rings is 1. The van der Waals surface area contributed by atoms with E-state index in [1.54, 1.807) is 14.2 Å². The Morgan fingerprint density at radius 1 is 1.19 bits per heavy atom. The van der Waals surface area contributed by atoms with Gasteiger partial charge in [-0.25, -0.2) is 0 Å². The van der Waals surface area contributed by atoms with Crippen molar-refractivity contribution in [3.05, 3.63) is 29.8 Å². The van der Waals surface area contributed by atoms with E-state index >= 15 is 0 Å². The molecule has 0 aliphatic rings. The van der Waals surface area contributed by atoms with Crippen molar-refractivity contribution in [3.63, 3.8) is 0 Å². The molecule has 0 amide bonds. The van der Waals surface area contributed by atoms with Gasteiger partial charge in [0.05, 0.1) is 18.7 Å². The maximum absolute atomic E-state index is 5.72. The fourth-order valence-electron chi connectivity index (χ4n) is 1.64. The Bertz CT molecular complexity index is 316. The van der Waals surface area contributed by atoms with Gasteiger partial charge in [0.15, 0.2) is 0 Å². The third-order valence-electron chi connectivity index (χ3n) is 2.53. The Balaban J connectivity index is 3.17. The van der Waals surface area contributed by atoms with Gasteiger partial charge in [-0.2, -0.15) is 0 Å². The summed E-state index contributed by atoms with van der Waals surface area (Å²) in [6, 6.07) is 7.58. The Morgan fingerprint density at radius 2 is 1.81 bits per heavy atom. The number of rotatable bonds is 6. The summed E-state index contributed by atoms with van der Waals surface area (Å²) in [6.07, 6.45) is 0. The van der Waals surface area contributed by atoms with E-state index in [1.165, 1.54) is 0 Å². The van der Waals surface area contributed by atoms with Gasteiger partial charge in [0.25, 0.3) is 0 Å². The number of para-hydroxylation sites is 1. The molecule has 2 N–H and O–H groups in total. The van der Waals surface area contributed by atoms with Gasteiger partial charge in [-0.3, -0.25) is 0 Å². The van der Waals surface area contributed by atoms with Crippen LogP contribution in [0.1, 0.15) is 12.5 Å². The minimum Gasteiger partial charge on any atom is -0.493 e. The molecule has 4 nitrogen and oxygen atoms in total. The number of ether oxygens (including phenoxy) is 3. The molecular weight excluding hydrogens is 206 g/mol. The largest absolute Gasteiger partial charge is 0.493 e. The number of hydrogen-bond donors (Lipinski definition) is 1. The van der Waals surface area contributed by atoms with E-state index in [1.807, 2.05) is 31.2 Å². The monoisotopic (exact) mass is 225 g/mol. The van der Waals surface area contributed by atoms with Crippen LogP contribution < -0.4 is 10.5 Å². The van der Waals surface area contributed by atoms with Crippen LogP contribution >= 0.6 is 0 Å². The van der Waals surface area contributed by atoms with E-state index in [0.717, 1.165) is 11.3 Å². The van der Waals surface area contributed by atoms with Gasteiger partial charge in [-0.05, 0) is 19.1 Å². The summed E-state index contributed by atoms with van der Waals surface area (Å²) >= 11 is 0. The summed E-state index contributed by atoms with van der Waals surface area (Å²) in [4.78, 5) is 0. The van der Waals surface area contributed by atoms with Gasteiger partial charge >= 0.3 is 0 Å². The topological polar surface area (TPSA) is 53.7 Å². The molecule has 1 rings (SSSR count). The Labute approximate surface area is 96.3 Å². The van der Waals surface area contributed by atoms with E-state index in [2.05, 4.69) is 0 Å². The first-order valence-electron chi connectivity index (χ1n) is 5.26. The molecule has 1 aromatic carbocycles. The molecule has 90 valence electrons. The number of methoxy groups -OCH3 is 2. The molecule has 0 saturated heterocycles. The molecule has 1 aromatic rings. The smallest absolute Gasteiger partial charge is 0.210 e. The normalized spacial score (nSPS) is 11.5. The van der Waals surface area contributed by atoms with Crippen LogP contribution in [0.3, 0.4) is 0 Å². The Hall–Kier alpha value is -1.10. The summed E-state index contributed by atoms with van der Waals surface area (Å²) in [5, 5.41) is 0. The zero-order valence-electron chi connectivity index (χ0n) is 10.0. The minimum absolute atomic E-state index is 0.226. The molecular formula is C12H19NO3. The number of hydrogen-bond acceptors (Lipinski definition) is 4. The van der Waals surface area contributed by atoms with Gasteiger partial charge in [0, 0.05) is 14.2 Å². The second kappa shape index (κ2) is 5.84. The summed E-state index contributed by atoms with van der Waals surface area (Å²) in [5.74, 6) is -0.203. The second-order valence-corrected chi connectivity index (χ2v) is 3.29. The van der Waals surface area contributed by atoms with E-state index in [-0.39, 0.29) is 6.54 Å². The lowest BCUT2D eigenvalue weighted by molar-refractivity contribution is -0.208. The van der Waals surface area contributed by atoms with E-state index in [9.17, 15) is 0 Å². The lowest BCUT2D eigenvalue weighted by atomic mass is 10.0. The van der Waals surface area contributed by atoms with Crippen LogP contribution in [0, 0.1) is 0 Å². The molecule has 0 aliphatic carbocycles. The fraction of sp³-hybridized carbons (Fsp3) is 0.500. The molecule has 0 spiro atoms. The van der Waals surface area contributed by atoms with Gasteiger partial charge in [-0.1, -0.05) is 12.1 Å². The number of nitrogens with two attached hydrogens (primary N) is 1. The highest BCUT2D eigenvalue weighted by Crippen LogP contribution is 2.32. The molecule has 0 aromatic heterocycles. The Morgan fingerprint density at radius 3 is 2.31 bits per heavy atom. The van der Waals surface area contributed by atoms with Gasteiger partial charge in [0.1, 0.15) is 5.75 Å². The highest BCUT2D eigenvalue weighted by atomic mass is 16.7. The quantitative estimate of drug-likeness (QED) is 0.745. The first-order valence-corrected chi connectivity index (χ1v) is 5.26. The summed E-state index contributed by atoms with van der Waals surface area (Å²) in [5.41, 5.74) is 6.53. The molecule has 0 aliphatic heterocycles. The maximum atomic E-state index is 5.72. The maximum Gasteiger partial charge on any atom is 0.210 e. The van der Waals surface area contributed by atoms with E-state index in [0.29, 0.717) is 6.61 Å². The van der Waals surface area contributed by atoms with Crippen LogP contribution in [0.15, 0.2) is 24.3 Å². The van der Waals surface area contributed by atoms with E-state index in [4.69, 9.17) is 19.9 Å². The van der Waals surface area contributed by atoms with Gasteiger partial charge < -0.3 is 19.9 Å². The highest BCUT2D eigenvalue weighted by Gasteiger charge is 2.33. The van der Waals surface area contributed by atoms with Crippen LogP contribution in [0.5, 0.6) is 5.75 Å². The molecule has 0 saturated carbocycles. The van der Waals surface area contributed by atoms with Crippen LogP contribution in [-0.2, 0) is 15.3 Å². The molecule has 0 unspecified atom stereocenters. The van der Waals surface area contributed by atoms with Crippen molar-refractivity contribution in [3.8, 4) is 5.75 Å². The first kappa shape index (κ1) is 13.0. The summed E-state index contributed by atoms with van der Waals surface area (Å²) < 4.78 is 16.3. The van der Waals surface area contributed by atoms with Crippen LogP contribution in [-0.4, -0.2) is 27.4 Å².